The standard InChI is InChI=1S/C20H26N4O4S/c1-14-15(20(25)28-4)13-17(19(21-14)27-3)24(29)23-11-9-22(10-12-23)16-7-5-6-8-18(16)26-2/h5-8,13,29H,9-12H2,1-4H3. The maximum atomic E-state index is 12.1. The van der Waals surface area contributed by atoms with Crippen molar-refractivity contribution in [2.75, 3.05) is 56.8 Å². The summed E-state index contributed by atoms with van der Waals surface area (Å²) in [5.74, 6) is 0.815. The van der Waals surface area contributed by atoms with Crippen molar-refractivity contribution in [1.82, 2.24) is 9.99 Å². The first-order valence-electron chi connectivity index (χ1n) is 9.26. The number of thiol groups is 1. The number of carbonyl (C=O) groups is 1. The summed E-state index contributed by atoms with van der Waals surface area (Å²) in [6, 6.07) is 9.69. The average molecular weight is 419 g/mol. The molecule has 0 N–H and O–H groups in total. The van der Waals surface area contributed by atoms with E-state index in [1.165, 1.54) is 7.11 Å². The molecule has 1 fully saturated rings. The van der Waals surface area contributed by atoms with E-state index in [2.05, 4.69) is 33.8 Å². The van der Waals surface area contributed by atoms with Gasteiger partial charge in [0.2, 0.25) is 5.88 Å². The number of esters is 1. The lowest BCUT2D eigenvalue weighted by Crippen LogP contribution is -2.51. The molecule has 0 radical (unpaired) electrons. The van der Waals surface area contributed by atoms with Gasteiger partial charge in [-0.2, -0.15) is 0 Å². The highest BCUT2D eigenvalue weighted by Gasteiger charge is 2.26. The van der Waals surface area contributed by atoms with Crippen molar-refractivity contribution in [3.63, 3.8) is 0 Å². The summed E-state index contributed by atoms with van der Waals surface area (Å²) < 4.78 is 17.5. The van der Waals surface area contributed by atoms with Gasteiger partial charge in [-0.05, 0) is 37.9 Å². The summed E-state index contributed by atoms with van der Waals surface area (Å²) in [6.45, 7) is 4.79. The Morgan fingerprint density at radius 2 is 1.79 bits per heavy atom. The van der Waals surface area contributed by atoms with Gasteiger partial charge in [0.05, 0.1) is 38.3 Å². The molecule has 0 spiro atoms. The number of rotatable bonds is 6. The molecule has 1 aromatic carbocycles. The van der Waals surface area contributed by atoms with E-state index in [-0.39, 0.29) is 0 Å². The first-order valence-corrected chi connectivity index (χ1v) is 9.66. The van der Waals surface area contributed by atoms with Crippen molar-refractivity contribution < 1.29 is 19.0 Å². The quantitative estimate of drug-likeness (QED) is 0.567. The largest absolute Gasteiger partial charge is 0.495 e. The summed E-state index contributed by atoms with van der Waals surface area (Å²) in [5, 5.41) is 2.07. The SMILES string of the molecule is COC(=O)c1cc(N(S)N2CCN(c3ccccc3OC)CC2)c(OC)nc1C. The van der Waals surface area contributed by atoms with Gasteiger partial charge >= 0.3 is 5.97 Å². The van der Waals surface area contributed by atoms with Crippen molar-refractivity contribution in [3.8, 4) is 11.6 Å². The van der Waals surface area contributed by atoms with Crippen LogP contribution >= 0.6 is 12.8 Å². The number of ether oxygens (including phenoxy) is 3. The molecule has 2 heterocycles. The number of hydrazine groups is 1. The van der Waals surface area contributed by atoms with Crippen LogP contribution in [0.2, 0.25) is 0 Å². The Bertz CT molecular complexity index is 872. The Hall–Kier alpha value is -2.65. The molecule has 29 heavy (non-hydrogen) atoms. The lowest BCUT2D eigenvalue weighted by Gasteiger charge is -2.40. The zero-order valence-corrected chi connectivity index (χ0v) is 18.0. The predicted molar refractivity (Wildman–Crippen MR) is 115 cm³/mol. The third-order valence-electron chi connectivity index (χ3n) is 4.92. The van der Waals surface area contributed by atoms with E-state index < -0.39 is 5.97 Å². The molecule has 2 aromatic rings. The topological polar surface area (TPSA) is 67.4 Å². The van der Waals surface area contributed by atoms with Crippen LogP contribution in [0.3, 0.4) is 0 Å². The van der Waals surface area contributed by atoms with Crippen LogP contribution in [-0.4, -0.2) is 63.5 Å². The second kappa shape index (κ2) is 9.23. The van der Waals surface area contributed by atoms with Crippen LogP contribution in [0.5, 0.6) is 11.6 Å². The number of piperazine rings is 1. The van der Waals surface area contributed by atoms with E-state index in [4.69, 9.17) is 14.2 Å². The lowest BCUT2D eigenvalue weighted by atomic mass is 10.2. The van der Waals surface area contributed by atoms with Crippen LogP contribution in [-0.2, 0) is 4.74 Å². The fourth-order valence-electron chi connectivity index (χ4n) is 3.35. The van der Waals surface area contributed by atoms with Gasteiger partial charge in [0, 0.05) is 26.2 Å². The number of benzene rings is 1. The minimum Gasteiger partial charge on any atom is -0.495 e. The average Bonchev–Trinajstić information content (AvgIpc) is 2.77. The van der Waals surface area contributed by atoms with E-state index >= 15 is 0 Å². The smallest absolute Gasteiger partial charge is 0.339 e. The molecule has 9 heteroatoms. The predicted octanol–water partition coefficient (Wildman–Crippen LogP) is 2.58. The van der Waals surface area contributed by atoms with Crippen LogP contribution in [0.4, 0.5) is 11.4 Å². The van der Waals surface area contributed by atoms with Gasteiger partial charge in [0.1, 0.15) is 11.4 Å². The molecule has 0 atom stereocenters. The fraction of sp³-hybridized carbons (Fsp3) is 0.400. The normalized spacial score (nSPS) is 14.4. The summed E-state index contributed by atoms with van der Waals surface area (Å²) in [7, 11) is 4.58. The Morgan fingerprint density at radius 3 is 2.41 bits per heavy atom. The molecule has 1 aliphatic heterocycles. The molecule has 3 rings (SSSR count). The van der Waals surface area contributed by atoms with Gasteiger partial charge in [-0.15, -0.1) is 0 Å². The molecule has 1 aliphatic rings. The molecule has 0 amide bonds. The zero-order chi connectivity index (χ0) is 21.0. The molecule has 0 saturated carbocycles. The van der Waals surface area contributed by atoms with Crippen LogP contribution in [0.15, 0.2) is 30.3 Å². The maximum absolute atomic E-state index is 12.1. The molecule has 0 bridgehead atoms. The lowest BCUT2D eigenvalue weighted by molar-refractivity contribution is 0.0599. The van der Waals surface area contributed by atoms with Gasteiger partial charge in [0.15, 0.2) is 0 Å². The van der Waals surface area contributed by atoms with Crippen LogP contribution in [0, 0.1) is 6.92 Å². The highest BCUT2D eigenvalue weighted by Crippen LogP contribution is 2.33. The number of methoxy groups -OCH3 is 3. The molecular formula is C20H26N4O4S. The molecule has 0 unspecified atom stereocenters. The van der Waals surface area contributed by atoms with Crippen molar-refractivity contribution in [2.24, 2.45) is 0 Å². The van der Waals surface area contributed by atoms with Gasteiger partial charge in [0.25, 0.3) is 0 Å². The van der Waals surface area contributed by atoms with Gasteiger partial charge in [-0.3, -0.25) is 0 Å². The van der Waals surface area contributed by atoms with Crippen molar-refractivity contribution in [3.05, 3.63) is 41.6 Å². The number of nitrogens with zero attached hydrogens (tertiary/aromatic N) is 4. The number of carbonyl (C=O) groups excluding carboxylic acids is 1. The first-order chi connectivity index (χ1) is 14.0. The number of para-hydroxylation sites is 2. The van der Waals surface area contributed by atoms with E-state index in [1.54, 1.807) is 31.6 Å². The highest BCUT2D eigenvalue weighted by atomic mass is 32.1. The second-order valence-electron chi connectivity index (χ2n) is 6.54. The minimum atomic E-state index is -0.443. The van der Waals surface area contributed by atoms with Crippen LogP contribution < -0.4 is 18.8 Å². The number of hydrogen-bond acceptors (Lipinski definition) is 9. The van der Waals surface area contributed by atoms with Crippen molar-refractivity contribution >= 4 is 30.2 Å². The van der Waals surface area contributed by atoms with Crippen LogP contribution in [0.25, 0.3) is 0 Å². The van der Waals surface area contributed by atoms with Gasteiger partial charge in [-0.1, -0.05) is 12.1 Å². The maximum Gasteiger partial charge on any atom is 0.339 e. The van der Waals surface area contributed by atoms with Crippen molar-refractivity contribution in [2.45, 2.75) is 6.92 Å². The van der Waals surface area contributed by atoms with E-state index in [0.29, 0.717) is 22.8 Å². The molecule has 1 aromatic heterocycles. The van der Waals surface area contributed by atoms with Crippen LogP contribution in [0.1, 0.15) is 16.1 Å². The monoisotopic (exact) mass is 418 g/mol. The third-order valence-corrected chi connectivity index (χ3v) is 5.39. The van der Waals surface area contributed by atoms with E-state index in [9.17, 15) is 4.79 Å². The molecule has 1 saturated heterocycles. The Balaban J connectivity index is 1.78. The molecular weight excluding hydrogens is 392 g/mol. The van der Waals surface area contributed by atoms with Gasteiger partial charge in [-0.25, -0.2) is 19.2 Å². The minimum absolute atomic E-state index is 0.384. The number of anilines is 2. The summed E-state index contributed by atoms with van der Waals surface area (Å²) >= 11 is 4.67. The second-order valence-corrected chi connectivity index (χ2v) is 6.92. The first kappa shape index (κ1) is 21.1. The number of pyridine rings is 1. The summed E-state index contributed by atoms with van der Waals surface area (Å²) in [5.41, 5.74) is 2.59. The Kier molecular flexibility index (Phi) is 6.71. The number of aromatic nitrogens is 1. The third kappa shape index (κ3) is 4.35. The fourth-order valence-corrected chi connectivity index (χ4v) is 3.67. The van der Waals surface area contributed by atoms with Crippen molar-refractivity contribution in [1.29, 1.82) is 0 Å². The summed E-state index contributed by atoms with van der Waals surface area (Å²) in [6.07, 6.45) is 0. The molecule has 8 nitrogen and oxygen atoms in total. The van der Waals surface area contributed by atoms with Gasteiger partial charge < -0.3 is 19.1 Å². The molecule has 156 valence electrons. The Labute approximate surface area is 176 Å². The van der Waals surface area contributed by atoms with E-state index in [0.717, 1.165) is 37.6 Å². The zero-order valence-electron chi connectivity index (χ0n) is 17.1. The number of aryl methyl sites for hydroxylation is 1. The molecule has 0 aliphatic carbocycles. The number of hydrogen-bond donors (Lipinski definition) is 1. The highest BCUT2D eigenvalue weighted by molar-refractivity contribution is 7.81. The Morgan fingerprint density at radius 1 is 1.10 bits per heavy atom. The van der Waals surface area contributed by atoms with E-state index in [1.807, 2.05) is 18.2 Å². The summed E-state index contributed by atoms with van der Waals surface area (Å²) in [4.78, 5) is 18.7.